The topological polar surface area (TPSA) is 99.8 Å². The number of carbonyl (C=O) groups excluding carboxylic acids is 1. The van der Waals surface area contributed by atoms with E-state index in [1.807, 2.05) is 6.92 Å². The van der Waals surface area contributed by atoms with Gasteiger partial charge in [0.05, 0.1) is 19.9 Å². The molecule has 1 unspecified atom stereocenters. The van der Waals surface area contributed by atoms with Crippen LogP contribution in [-0.4, -0.2) is 39.3 Å². The van der Waals surface area contributed by atoms with Crippen molar-refractivity contribution in [2.75, 3.05) is 19.5 Å². The SMILES string of the molecule is COc1ccc(NC(=O)CC(C)Cc2nnc3c(=O)n(-c4cccc(F)c4)ccn23)cc1OC. The quantitative estimate of drug-likeness (QED) is 0.429. The zero-order chi connectivity index (χ0) is 24.2. The highest BCUT2D eigenvalue weighted by Crippen LogP contribution is 2.29. The predicted molar refractivity (Wildman–Crippen MR) is 124 cm³/mol. The molecule has 0 saturated heterocycles. The molecule has 0 aliphatic heterocycles. The highest BCUT2D eigenvalue weighted by atomic mass is 19.1. The number of benzene rings is 2. The van der Waals surface area contributed by atoms with Gasteiger partial charge in [-0.15, -0.1) is 10.2 Å². The summed E-state index contributed by atoms with van der Waals surface area (Å²) in [6.45, 7) is 1.92. The number of hydrogen-bond donors (Lipinski definition) is 1. The average molecular weight is 465 g/mol. The lowest BCUT2D eigenvalue weighted by Gasteiger charge is -2.13. The maximum Gasteiger partial charge on any atom is 0.300 e. The monoisotopic (exact) mass is 465 g/mol. The summed E-state index contributed by atoms with van der Waals surface area (Å²) in [5.74, 6) is 0.980. The Bertz CT molecular complexity index is 1400. The Hall–Kier alpha value is -4.21. The number of carbonyl (C=O) groups is 1. The number of methoxy groups -OCH3 is 2. The summed E-state index contributed by atoms with van der Waals surface area (Å²) in [6, 6.07) is 10.9. The third-order valence-electron chi connectivity index (χ3n) is 5.36. The molecular formula is C24H24FN5O4. The van der Waals surface area contributed by atoms with E-state index in [9.17, 15) is 14.0 Å². The Morgan fingerprint density at radius 2 is 1.88 bits per heavy atom. The fourth-order valence-electron chi connectivity index (χ4n) is 3.73. The van der Waals surface area contributed by atoms with Gasteiger partial charge in [0.15, 0.2) is 11.5 Å². The molecule has 34 heavy (non-hydrogen) atoms. The van der Waals surface area contributed by atoms with Crippen LogP contribution in [0.5, 0.6) is 11.5 Å². The van der Waals surface area contributed by atoms with Crippen molar-refractivity contribution in [3.63, 3.8) is 0 Å². The first kappa shape index (κ1) is 23.0. The van der Waals surface area contributed by atoms with Gasteiger partial charge in [-0.25, -0.2) is 4.39 Å². The molecule has 1 amide bonds. The van der Waals surface area contributed by atoms with Gasteiger partial charge < -0.3 is 14.8 Å². The Kier molecular flexibility index (Phi) is 6.58. The van der Waals surface area contributed by atoms with E-state index < -0.39 is 11.4 Å². The number of amides is 1. The molecule has 10 heteroatoms. The Morgan fingerprint density at radius 1 is 1.09 bits per heavy atom. The zero-order valence-electron chi connectivity index (χ0n) is 19.0. The second-order valence-electron chi connectivity index (χ2n) is 7.89. The van der Waals surface area contributed by atoms with E-state index in [0.29, 0.717) is 35.1 Å². The predicted octanol–water partition coefficient (Wildman–Crippen LogP) is 3.24. The molecule has 4 aromatic rings. The highest BCUT2D eigenvalue weighted by molar-refractivity contribution is 5.91. The summed E-state index contributed by atoms with van der Waals surface area (Å²) < 4.78 is 27.0. The molecule has 0 bridgehead atoms. The van der Waals surface area contributed by atoms with Crippen LogP contribution in [0.2, 0.25) is 0 Å². The Labute approximate surface area is 194 Å². The molecule has 0 radical (unpaired) electrons. The summed E-state index contributed by atoms with van der Waals surface area (Å²) in [5.41, 5.74) is 0.715. The molecule has 9 nitrogen and oxygen atoms in total. The summed E-state index contributed by atoms with van der Waals surface area (Å²) in [4.78, 5) is 25.4. The average Bonchev–Trinajstić information content (AvgIpc) is 3.22. The standard InChI is InChI=1S/C24H24FN5O4/c1-15(12-22(31)26-17-7-8-19(33-2)20(14-17)34-3)11-21-27-28-23-24(32)29(9-10-30(21)23)18-6-4-5-16(25)13-18/h4-10,13-15H,11-12H2,1-3H3,(H,26,31). The van der Waals surface area contributed by atoms with Gasteiger partial charge in [-0.1, -0.05) is 13.0 Å². The molecule has 0 aliphatic rings. The molecule has 2 aromatic heterocycles. The van der Waals surface area contributed by atoms with Gasteiger partial charge >= 0.3 is 5.56 Å². The van der Waals surface area contributed by atoms with Gasteiger partial charge in [-0.05, 0) is 36.2 Å². The number of hydrogen-bond acceptors (Lipinski definition) is 6. The van der Waals surface area contributed by atoms with Crippen LogP contribution in [0.4, 0.5) is 10.1 Å². The third-order valence-corrected chi connectivity index (χ3v) is 5.36. The fourth-order valence-corrected chi connectivity index (χ4v) is 3.73. The molecule has 0 aliphatic carbocycles. The fraction of sp³-hybridized carbons (Fsp3) is 0.250. The molecule has 176 valence electrons. The van der Waals surface area contributed by atoms with Gasteiger partial charge in [0.2, 0.25) is 11.6 Å². The van der Waals surface area contributed by atoms with Crippen LogP contribution >= 0.6 is 0 Å². The van der Waals surface area contributed by atoms with E-state index in [1.54, 1.807) is 48.2 Å². The number of nitrogens with one attached hydrogen (secondary N) is 1. The summed E-state index contributed by atoms with van der Waals surface area (Å²) in [7, 11) is 3.07. The first-order valence-electron chi connectivity index (χ1n) is 10.6. The van der Waals surface area contributed by atoms with Crippen molar-refractivity contribution < 1.29 is 18.7 Å². The molecule has 0 saturated carbocycles. The van der Waals surface area contributed by atoms with Crippen molar-refractivity contribution in [3.8, 4) is 17.2 Å². The van der Waals surface area contributed by atoms with Gasteiger partial charge in [0, 0.05) is 37.0 Å². The molecule has 0 spiro atoms. The number of nitrogens with zero attached hydrogens (tertiary/aromatic N) is 4. The summed E-state index contributed by atoms with van der Waals surface area (Å²) >= 11 is 0. The lowest BCUT2D eigenvalue weighted by atomic mass is 10.0. The van der Waals surface area contributed by atoms with Crippen LogP contribution in [0.15, 0.2) is 59.7 Å². The van der Waals surface area contributed by atoms with E-state index in [4.69, 9.17) is 9.47 Å². The van der Waals surface area contributed by atoms with Gasteiger partial charge in [-0.2, -0.15) is 0 Å². The Balaban J connectivity index is 1.46. The van der Waals surface area contributed by atoms with E-state index >= 15 is 0 Å². The maximum atomic E-state index is 13.6. The van der Waals surface area contributed by atoms with Crippen molar-refractivity contribution in [1.82, 2.24) is 19.2 Å². The second kappa shape index (κ2) is 9.74. The molecule has 4 rings (SSSR count). The van der Waals surface area contributed by atoms with Crippen molar-refractivity contribution in [1.29, 1.82) is 0 Å². The second-order valence-corrected chi connectivity index (χ2v) is 7.89. The largest absolute Gasteiger partial charge is 0.493 e. The molecule has 1 atom stereocenters. The zero-order valence-corrected chi connectivity index (χ0v) is 19.0. The lowest BCUT2D eigenvalue weighted by Crippen LogP contribution is -2.21. The summed E-state index contributed by atoms with van der Waals surface area (Å²) in [5, 5.41) is 11.0. The lowest BCUT2D eigenvalue weighted by molar-refractivity contribution is -0.116. The first-order valence-corrected chi connectivity index (χ1v) is 10.6. The van der Waals surface area contributed by atoms with Gasteiger partial charge in [0.1, 0.15) is 11.6 Å². The number of anilines is 1. The van der Waals surface area contributed by atoms with E-state index in [2.05, 4.69) is 15.5 Å². The van der Waals surface area contributed by atoms with Crippen molar-refractivity contribution in [2.45, 2.75) is 19.8 Å². The minimum atomic E-state index is -0.438. The number of fused-ring (bicyclic) bond motifs is 1. The Morgan fingerprint density at radius 3 is 2.62 bits per heavy atom. The van der Waals surface area contributed by atoms with Crippen LogP contribution in [0.3, 0.4) is 0 Å². The van der Waals surface area contributed by atoms with E-state index in [1.165, 1.54) is 29.9 Å². The maximum absolute atomic E-state index is 13.6. The van der Waals surface area contributed by atoms with Gasteiger partial charge in [-0.3, -0.25) is 18.6 Å². The van der Waals surface area contributed by atoms with Crippen LogP contribution < -0.4 is 20.3 Å². The summed E-state index contributed by atoms with van der Waals surface area (Å²) in [6.07, 6.45) is 3.88. The highest BCUT2D eigenvalue weighted by Gasteiger charge is 2.17. The number of rotatable bonds is 8. The molecule has 1 N–H and O–H groups in total. The van der Waals surface area contributed by atoms with E-state index in [-0.39, 0.29) is 23.9 Å². The minimum Gasteiger partial charge on any atom is -0.493 e. The van der Waals surface area contributed by atoms with Crippen LogP contribution in [0, 0.1) is 11.7 Å². The minimum absolute atomic E-state index is 0.0711. The van der Waals surface area contributed by atoms with Gasteiger partial charge in [0.25, 0.3) is 0 Å². The smallest absolute Gasteiger partial charge is 0.300 e. The molecule has 2 heterocycles. The van der Waals surface area contributed by atoms with Crippen molar-refractivity contribution >= 4 is 17.2 Å². The van der Waals surface area contributed by atoms with Crippen LogP contribution in [0.1, 0.15) is 19.2 Å². The van der Waals surface area contributed by atoms with Crippen LogP contribution in [-0.2, 0) is 11.2 Å². The first-order chi connectivity index (χ1) is 16.4. The van der Waals surface area contributed by atoms with Crippen molar-refractivity contribution in [3.05, 3.63) is 76.9 Å². The van der Waals surface area contributed by atoms with Crippen LogP contribution in [0.25, 0.3) is 11.3 Å². The molecule has 2 aromatic carbocycles. The third kappa shape index (κ3) is 4.75. The number of ether oxygens (including phenoxy) is 2. The number of halogens is 1. The van der Waals surface area contributed by atoms with Crippen molar-refractivity contribution in [2.24, 2.45) is 5.92 Å². The molecular weight excluding hydrogens is 441 g/mol. The van der Waals surface area contributed by atoms with E-state index in [0.717, 1.165) is 0 Å². The number of aromatic nitrogens is 4. The molecule has 0 fully saturated rings. The normalized spacial score (nSPS) is 11.9.